The Balaban J connectivity index is 0.000000160. The lowest BCUT2D eigenvalue weighted by Gasteiger charge is -2.10. The third-order valence-electron chi connectivity index (χ3n) is 7.99. The number of fused-ring (bicyclic) bond motifs is 2. The second-order valence-electron chi connectivity index (χ2n) is 11.5. The van der Waals surface area contributed by atoms with E-state index in [1.165, 1.54) is 18.6 Å². The lowest BCUT2D eigenvalue weighted by molar-refractivity contribution is 0.102. The lowest BCUT2D eigenvalue weighted by Crippen LogP contribution is -2.09. The van der Waals surface area contributed by atoms with Gasteiger partial charge in [-0.3, -0.25) is 19.6 Å². The summed E-state index contributed by atoms with van der Waals surface area (Å²) in [6.07, 6.45) is 12.3. The van der Waals surface area contributed by atoms with Crippen molar-refractivity contribution >= 4 is 33.6 Å². The van der Waals surface area contributed by atoms with Crippen LogP contribution >= 0.6 is 0 Å². The highest BCUT2D eigenvalue weighted by molar-refractivity contribution is 6.17. The molecule has 8 rings (SSSR count). The number of aliphatic hydroxyl groups is 1. The van der Waals surface area contributed by atoms with Crippen LogP contribution in [0.5, 0.6) is 11.5 Å². The van der Waals surface area contributed by atoms with Crippen molar-refractivity contribution in [3.63, 3.8) is 0 Å². The van der Waals surface area contributed by atoms with Gasteiger partial charge in [0.2, 0.25) is 11.6 Å². The van der Waals surface area contributed by atoms with Crippen molar-refractivity contribution < 1.29 is 42.1 Å². The van der Waals surface area contributed by atoms with Crippen molar-refractivity contribution in [1.29, 1.82) is 0 Å². The van der Waals surface area contributed by atoms with Gasteiger partial charge in [-0.05, 0) is 66.2 Å². The smallest absolute Gasteiger partial charge is 0.201 e. The number of aromatic nitrogens is 6. The number of carbonyl (C=O) groups excluding carboxylic acids is 2. The summed E-state index contributed by atoms with van der Waals surface area (Å²) in [5.74, 6) is -6.90. The summed E-state index contributed by atoms with van der Waals surface area (Å²) < 4.78 is 62.0. The van der Waals surface area contributed by atoms with Crippen molar-refractivity contribution in [2.75, 3.05) is 0 Å². The van der Waals surface area contributed by atoms with Crippen molar-refractivity contribution in [1.82, 2.24) is 29.9 Å². The van der Waals surface area contributed by atoms with E-state index in [-0.39, 0.29) is 30.1 Å². The van der Waals surface area contributed by atoms with Gasteiger partial charge in [0.1, 0.15) is 29.5 Å². The lowest BCUT2D eigenvalue weighted by atomic mass is 10.0. The Morgan fingerprint density at radius 1 is 0.636 bits per heavy atom. The fourth-order valence-electron chi connectivity index (χ4n) is 5.30. The van der Waals surface area contributed by atoms with E-state index in [4.69, 9.17) is 9.84 Å². The van der Waals surface area contributed by atoms with Gasteiger partial charge in [0.05, 0.1) is 17.7 Å². The van der Waals surface area contributed by atoms with E-state index in [0.29, 0.717) is 22.1 Å². The Hall–Kier alpha value is -7.26. The Kier molecular flexibility index (Phi) is 11.6. The molecule has 0 bridgehead atoms. The molecule has 6 heterocycles. The first-order valence-corrected chi connectivity index (χ1v) is 16.3. The Bertz CT molecular complexity index is 2600. The van der Waals surface area contributed by atoms with Gasteiger partial charge in [-0.2, -0.15) is 0 Å². The Labute approximate surface area is 309 Å². The van der Waals surface area contributed by atoms with Gasteiger partial charge in [0.25, 0.3) is 0 Å². The Morgan fingerprint density at radius 3 is 1.65 bits per heavy atom. The number of ether oxygens (including phenoxy) is 1. The highest BCUT2D eigenvalue weighted by atomic mass is 19.1. The number of pyridine rings is 4. The standard InChI is InChI=1S/C20H13F2N3O2.C14H8F2N2O2.C6H7NO/c21-15-5-6-16(27-11-12-3-1-7-23-9-12)18(22)17(15)19(26)14-10-25-20-13(14)4-2-8-24-20;15-9-3-4-10(19)12(16)11(9)13(20)8-6-18-14-7(8)2-1-5-17-14;8-5-6-2-1-3-7-4-6/h1-10H,11H2,(H,24,25);1-6,19H,(H,17,18);1-4,8H,5H2. The molecule has 276 valence electrons. The van der Waals surface area contributed by atoms with Crippen LogP contribution in [0.3, 0.4) is 0 Å². The third kappa shape index (κ3) is 8.37. The predicted molar refractivity (Wildman–Crippen MR) is 192 cm³/mol. The molecular formula is C40H28F4N6O5. The predicted octanol–water partition coefficient (Wildman–Crippen LogP) is 7.40. The molecule has 11 nitrogen and oxygen atoms in total. The van der Waals surface area contributed by atoms with Crippen molar-refractivity contribution in [2.45, 2.75) is 13.2 Å². The van der Waals surface area contributed by atoms with E-state index in [2.05, 4.69) is 29.9 Å². The molecule has 55 heavy (non-hydrogen) atoms. The van der Waals surface area contributed by atoms with E-state index in [1.807, 2.05) is 6.07 Å². The number of nitrogens with zero attached hydrogens (tertiary/aromatic N) is 4. The highest BCUT2D eigenvalue weighted by Crippen LogP contribution is 2.29. The third-order valence-corrected chi connectivity index (χ3v) is 7.99. The number of phenolic OH excluding ortho intramolecular Hbond substituents is 1. The summed E-state index contributed by atoms with van der Waals surface area (Å²) >= 11 is 0. The fourth-order valence-corrected chi connectivity index (χ4v) is 5.30. The van der Waals surface area contributed by atoms with Gasteiger partial charge >= 0.3 is 0 Å². The number of aromatic amines is 2. The number of ketones is 2. The Morgan fingerprint density at radius 2 is 1.15 bits per heavy atom. The van der Waals surface area contributed by atoms with Crippen LogP contribution in [-0.2, 0) is 13.2 Å². The van der Waals surface area contributed by atoms with Crippen LogP contribution in [0, 0.1) is 23.3 Å². The minimum atomic E-state index is -1.27. The molecule has 8 aromatic rings. The van der Waals surface area contributed by atoms with E-state index in [9.17, 15) is 32.3 Å². The number of phenols is 1. The minimum absolute atomic E-state index is 0.0427. The summed E-state index contributed by atoms with van der Waals surface area (Å²) in [5, 5.41) is 18.7. The molecule has 0 fully saturated rings. The summed E-state index contributed by atoms with van der Waals surface area (Å²) in [4.78, 5) is 46.5. The number of halogens is 4. The summed E-state index contributed by atoms with van der Waals surface area (Å²) in [5.41, 5.74) is 1.27. The first kappa shape index (κ1) is 37.5. The normalized spacial score (nSPS) is 10.6. The van der Waals surface area contributed by atoms with Crippen LogP contribution in [0.4, 0.5) is 17.6 Å². The number of aromatic hydroxyl groups is 1. The van der Waals surface area contributed by atoms with Crippen molar-refractivity contribution in [2.24, 2.45) is 0 Å². The quantitative estimate of drug-likeness (QED) is 0.0915. The molecule has 0 atom stereocenters. The first-order valence-electron chi connectivity index (χ1n) is 16.3. The maximum atomic E-state index is 14.9. The van der Waals surface area contributed by atoms with Gasteiger partial charge in [0, 0.05) is 77.0 Å². The average Bonchev–Trinajstić information content (AvgIpc) is 3.85. The van der Waals surface area contributed by atoms with Gasteiger partial charge in [-0.15, -0.1) is 0 Å². The number of aliphatic hydroxyl groups excluding tert-OH is 1. The number of rotatable bonds is 8. The second kappa shape index (κ2) is 17.0. The van der Waals surface area contributed by atoms with Crippen molar-refractivity contribution in [3.8, 4) is 11.5 Å². The summed E-state index contributed by atoms with van der Waals surface area (Å²) in [7, 11) is 0. The molecule has 4 N–H and O–H groups in total. The number of hydrogen-bond donors (Lipinski definition) is 4. The van der Waals surface area contributed by atoms with E-state index < -0.39 is 51.7 Å². The molecule has 0 aliphatic heterocycles. The minimum Gasteiger partial charge on any atom is -0.505 e. The summed E-state index contributed by atoms with van der Waals surface area (Å²) in [6, 6.07) is 17.5. The van der Waals surface area contributed by atoms with E-state index >= 15 is 0 Å². The van der Waals surface area contributed by atoms with Crippen molar-refractivity contribution in [3.05, 3.63) is 179 Å². The number of nitrogens with one attached hydrogen (secondary N) is 2. The molecule has 0 spiro atoms. The molecule has 0 amide bonds. The molecule has 15 heteroatoms. The fraction of sp³-hybridized carbons (Fsp3) is 0.0500. The monoisotopic (exact) mass is 748 g/mol. The number of benzene rings is 2. The molecule has 0 aliphatic carbocycles. The maximum Gasteiger partial charge on any atom is 0.201 e. The first-order chi connectivity index (χ1) is 26.7. The maximum absolute atomic E-state index is 14.9. The molecule has 0 aliphatic rings. The van der Waals surface area contributed by atoms with Gasteiger partial charge in [0.15, 0.2) is 23.1 Å². The number of H-pyrrole nitrogens is 2. The molecule has 2 aromatic carbocycles. The topological polar surface area (TPSA) is 167 Å². The zero-order valence-corrected chi connectivity index (χ0v) is 28.4. The van der Waals surface area contributed by atoms with Crippen LogP contribution in [0.25, 0.3) is 22.1 Å². The highest BCUT2D eigenvalue weighted by Gasteiger charge is 2.26. The number of carbonyl (C=O) groups is 2. The molecular weight excluding hydrogens is 720 g/mol. The van der Waals surface area contributed by atoms with E-state index in [0.717, 1.165) is 35.4 Å². The molecule has 6 aromatic heterocycles. The molecule has 0 saturated carbocycles. The van der Waals surface area contributed by atoms with Gasteiger partial charge < -0.3 is 24.9 Å². The van der Waals surface area contributed by atoms with Gasteiger partial charge in [-0.25, -0.2) is 27.5 Å². The van der Waals surface area contributed by atoms with Crippen LogP contribution in [0.15, 0.2) is 122 Å². The van der Waals surface area contributed by atoms with Gasteiger partial charge in [-0.1, -0.05) is 12.1 Å². The largest absolute Gasteiger partial charge is 0.505 e. The second-order valence-corrected chi connectivity index (χ2v) is 11.5. The molecule has 0 radical (unpaired) electrons. The average molecular weight is 749 g/mol. The van der Waals surface area contributed by atoms with E-state index in [1.54, 1.807) is 73.4 Å². The zero-order valence-electron chi connectivity index (χ0n) is 28.4. The molecule has 0 unspecified atom stereocenters. The summed E-state index contributed by atoms with van der Waals surface area (Å²) in [6.45, 7) is 0.120. The van der Waals surface area contributed by atoms with Crippen LogP contribution in [0.1, 0.15) is 43.0 Å². The zero-order chi connectivity index (χ0) is 38.9. The molecule has 0 saturated heterocycles. The van der Waals surface area contributed by atoms with Crippen LogP contribution in [-0.4, -0.2) is 51.7 Å². The van der Waals surface area contributed by atoms with Crippen LogP contribution < -0.4 is 4.74 Å². The number of hydrogen-bond acceptors (Lipinski definition) is 9. The SMILES string of the molecule is O=C(c1c(F)ccc(O)c1F)c1c[nH]c2ncccc12.O=C(c1c(F)ccc(OCc2cccnc2)c1F)c1c[nH]c2ncccc12.OCc1cccnc1. The van der Waals surface area contributed by atoms with Crippen LogP contribution in [0.2, 0.25) is 0 Å².